The standard InChI is InChI=1S/C26H35N3O3/c1-3-5-6-21-7-9-22(10-8-21)19-26(31)28(4-2)20-25(30)27-23-11-13-24(14-12-23)29-15-17-32-18-16-29/h7-14H,3-6,15-20H2,1-2H3,(H,27,30). The Hall–Kier alpha value is -2.86. The maximum atomic E-state index is 12.7. The van der Waals surface area contributed by atoms with Crippen molar-refractivity contribution in [2.75, 3.05) is 49.6 Å². The van der Waals surface area contributed by atoms with Gasteiger partial charge in [0.1, 0.15) is 0 Å². The lowest BCUT2D eigenvalue weighted by atomic mass is 10.0. The van der Waals surface area contributed by atoms with Gasteiger partial charge in [0.2, 0.25) is 11.8 Å². The number of aryl methyl sites for hydroxylation is 1. The Morgan fingerprint density at radius 2 is 1.62 bits per heavy atom. The van der Waals surface area contributed by atoms with Crippen molar-refractivity contribution in [3.05, 3.63) is 59.7 Å². The number of hydrogen-bond donors (Lipinski definition) is 1. The van der Waals surface area contributed by atoms with E-state index in [9.17, 15) is 9.59 Å². The zero-order chi connectivity index (χ0) is 22.8. The molecule has 172 valence electrons. The fourth-order valence-electron chi connectivity index (χ4n) is 3.82. The van der Waals surface area contributed by atoms with Crippen molar-refractivity contribution in [2.24, 2.45) is 0 Å². The molecule has 3 rings (SSSR count). The zero-order valence-corrected chi connectivity index (χ0v) is 19.3. The number of unbranched alkanes of at least 4 members (excludes halogenated alkanes) is 1. The molecule has 2 amide bonds. The molecule has 0 saturated carbocycles. The first-order chi connectivity index (χ1) is 15.6. The maximum Gasteiger partial charge on any atom is 0.243 e. The van der Waals surface area contributed by atoms with Crippen LogP contribution in [0.3, 0.4) is 0 Å². The third-order valence-corrected chi connectivity index (χ3v) is 5.79. The number of nitrogens with one attached hydrogen (secondary N) is 1. The van der Waals surface area contributed by atoms with E-state index in [0.717, 1.165) is 49.7 Å². The molecule has 1 heterocycles. The molecule has 0 aliphatic carbocycles. The van der Waals surface area contributed by atoms with Crippen LogP contribution in [0.5, 0.6) is 0 Å². The van der Waals surface area contributed by atoms with Gasteiger partial charge in [-0.2, -0.15) is 0 Å². The Kier molecular flexibility index (Phi) is 9.11. The fraction of sp³-hybridized carbons (Fsp3) is 0.462. The number of amides is 2. The van der Waals surface area contributed by atoms with Gasteiger partial charge in [0.15, 0.2) is 0 Å². The minimum atomic E-state index is -0.186. The third kappa shape index (κ3) is 7.09. The van der Waals surface area contributed by atoms with Gasteiger partial charge in [-0.15, -0.1) is 0 Å². The third-order valence-electron chi connectivity index (χ3n) is 5.79. The Bertz CT molecular complexity index is 859. The second kappa shape index (κ2) is 12.2. The van der Waals surface area contributed by atoms with E-state index in [-0.39, 0.29) is 18.4 Å². The summed E-state index contributed by atoms with van der Waals surface area (Å²) in [6.07, 6.45) is 3.72. The van der Waals surface area contributed by atoms with Crippen molar-refractivity contribution in [3.63, 3.8) is 0 Å². The van der Waals surface area contributed by atoms with Crippen molar-refractivity contribution < 1.29 is 14.3 Å². The van der Waals surface area contributed by atoms with E-state index in [1.54, 1.807) is 4.90 Å². The van der Waals surface area contributed by atoms with Crippen LogP contribution in [0.2, 0.25) is 0 Å². The number of benzene rings is 2. The molecular formula is C26H35N3O3. The first-order valence-electron chi connectivity index (χ1n) is 11.7. The average molecular weight is 438 g/mol. The van der Waals surface area contributed by atoms with Crippen molar-refractivity contribution in [3.8, 4) is 0 Å². The molecule has 1 fully saturated rings. The van der Waals surface area contributed by atoms with Crippen LogP contribution in [0, 0.1) is 0 Å². The molecule has 6 heteroatoms. The van der Waals surface area contributed by atoms with E-state index in [1.165, 1.54) is 18.4 Å². The number of ether oxygens (including phenoxy) is 1. The lowest BCUT2D eigenvalue weighted by Crippen LogP contribution is -2.38. The van der Waals surface area contributed by atoms with Gasteiger partial charge in [0.05, 0.1) is 26.2 Å². The lowest BCUT2D eigenvalue weighted by Gasteiger charge is -2.29. The number of nitrogens with zero attached hydrogens (tertiary/aromatic N) is 2. The molecule has 1 aliphatic heterocycles. The van der Waals surface area contributed by atoms with Crippen molar-refractivity contribution >= 4 is 23.2 Å². The van der Waals surface area contributed by atoms with Crippen molar-refractivity contribution in [1.29, 1.82) is 0 Å². The summed E-state index contributed by atoms with van der Waals surface area (Å²) in [5.74, 6) is -0.221. The normalized spacial score (nSPS) is 13.6. The number of morpholine rings is 1. The van der Waals surface area contributed by atoms with Crippen LogP contribution < -0.4 is 10.2 Å². The molecule has 32 heavy (non-hydrogen) atoms. The molecule has 6 nitrogen and oxygen atoms in total. The van der Waals surface area contributed by atoms with Crippen LogP contribution in [0.15, 0.2) is 48.5 Å². The highest BCUT2D eigenvalue weighted by atomic mass is 16.5. The number of anilines is 2. The summed E-state index contributed by atoms with van der Waals surface area (Å²) in [6.45, 7) is 7.86. The molecule has 0 bridgehead atoms. The van der Waals surface area contributed by atoms with E-state index in [2.05, 4.69) is 29.3 Å². The second-order valence-corrected chi connectivity index (χ2v) is 8.20. The Morgan fingerprint density at radius 1 is 0.969 bits per heavy atom. The van der Waals surface area contributed by atoms with Crippen LogP contribution in [0.1, 0.15) is 37.8 Å². The highest BCUT2D eigenvalue weighted by Gasteiger charge is 2.17. The number of carbonyl (C=O) groups excluding carboxylic acids is 2. The van der Waals surface area contributed by atoms with Crippen LogP contribution in [-0.4, -0.2) is 56.1 Å². The zero-order valence-electron chi connectivity index (χ0n) is 19.3. The van der Waals surface area contributed by atoms with Crippen LogP contribution in [-0.2, 0) is 27.2 Å². The molecule has 1 N–H and O–H groups in total. The summed E-state index contributed by atoms with van der Waals surface area (Å²) in [5, 5.41) is 2.91. The second-order valence-electron chi connectivity index (χ2n) is 8.20. The monoisotopic (exact) mass is 437 g/mol. The molecule has 0 atom stereocenters. The summed E-state index contributed by atoms with van der Waals surface area (Å²) in [6, 6.07) is 16.1. The lowest BCUT2D eigenvalue weighted by molar-refractivity contribution is -0.133. The molecule has 0 aromatic heterocycles. The number of carbonyl (C=O) groups is 2. The van der Waals surface area contributed by atoms with Gasteiger partial charge in [-0.1, -0.05) is 37.6 Å². The van der Waals surface area contributed by atoms with Gasteiger partial charge in [-0.05, 0) is 55.2 Å². The summed E-state index contributed by atoms with van der Waals surface area (Å²) < 4.78 is 5.39. The first-order valence-corrected chi connectivity index (χ1v) is 11.7. The molecule has 2 aromatic carbocycles. The molecular weight excluding hydrogens is 402 g/mol. The topological polar surface area (TPSA) is 61.9 Å². The highest BCUT2D eigenvalue weighted by molar-refractivity contribution is 5.94. The molecule has 0 unspecified atom stereocenters. The van der Waals surface area contributed by atoms with Gasteiger partial charge >= 0.3 is 0 Å². The highest BCUT2D eigenvalue weighted by Crippen LogP contribution is 2.19. The number of rotatable bonds is 10. The van der Waals surface area contributed by atoms with Gasteiger partial charge in [0, 0.05) is 31.0 Å². The number of hydrogen-bond acceptors (Lipinski definition) is 4. The van der Waals surface area contributed by atoms with Crippen molar-refractivity contribution in [2.45, 2.75) is 39.5 Å². The first kappa shape index (κ1) is 23.8. The van der Waals surface area contributed by atoms with Gasteiger partial charge < -0.3 is 19.9 Å². The van der Waals surface area contributed by atoms with Crippen LogP contribution in [0.25, 0.3) is 0 Å². The summed E-state index contributed by atoms with van der Waals surface area (Å²) in [4.78, 5) is 29.1. The van der Waals surface area contributed by atoms with E-state index >= 15 is 0 Å². The van der Waals surface area contributed by atoms with E-state index in [1.807, 2.05) is 43.3 Å². The predicted octanol–water partition coefficient (Wildman–Crippen LogP) is 3.90. The number of likely N-dealkylation sites (N-methyl/N-ethyl adjacent to an activating group) is 1. The molecule has 2 aromatic rings. The maximum absolute atomic E-state index is 12.7. The van der Waals surface area contributed by atoms with E-state index < -0.39 is 0 Å². The minimum Gasteiger partial charge on any atom is -0.378 e. The molecule has 1 aliphatic rings. The Morgan fingerprint density at radius 3 is 2.25 bits per heavy atom. The van der Waals surface area contributed by atoms with Crippen molar-refractivity contribution in [1.82, 2.24) is 4.90 Å². The Labute approximate surface area is 191 Å². The predicted molar refractivity (Wildman–Crippen MR) is 129 cm³/mol. The van der Waals surface area contributed by atoms with Gasteiger partial charge in [-0.25, -0.2) is 0 Å². The van der Waals surface area contributed by atoms with Gasteiger partial charge in [0.25, 0.3) is 0 Å². The van der Waals surface area contributed by atoms with E-state index in [0.29, 0.717) is 13.0 Å². The molecule has 0 radical (unpaired) electrons. The van der Waals surface area contributed by atoms with E-state index in [4.69, 9.17) is 4.74 Å². The largest absolute Gasteiger partial charge is 0.378 e. The average Bonchev–Trinajstić information content (AvgIpc) is 2.83. The summed E-state index contributed by atoms with van der Waals surface area (Å²) >= 11 is 0. The molecule has 1 saturated heterocycles. The quantitative estimate of drug-likeness (QED) is 0.613. The smallest absolute Gasteiger partial charge is 0.243 e. The minimum absolute atomic E-state index is 0.0355. The molecule has 0 spiro atoms. The Balaban J connectivity index is 1.49. The van der Waals surface area contributed by atoms with Crippen LogP contribution >= 0.6 is 0 Å². The summed E-state index contributed by atoms with van der Waals surface area (Å²) in [7, 11) is 0. The van der Waals surface area contributed by atoms with Gasteiger partial charge in [-0.3, -0.25) is 9.59 Å². The fourth-order valence-corrected chi connectivity index (χ4v) is 3.82. The SMILES string of the molecule is CCCCc1ccc(CC(=O)N(CC)CC(=O)Nc2ccc(N3CCOCC3)cc2)cc1. The summed E-state index contributed by atoms with van der Waals surface area (Å²) in [5.41, 5.74) is 4.14. The van der Waals surface area contributed by atoms with Crippen LogP contribution in [0.4, 0.5) is 11.4 Å².